The number of phosphoric ester groups is 1. The molecule has 0 radical (unpaired) electrons. The van der Waals surface area contributed by atoms with Crippen LogP contribution in [0.1, 0.15) is 13.2 Å². The van der Waals surface area contributed by atoms with E-state index >= 15 is 0 Å². The van der Waals surface area contributed by atoms with Crippen LogP contribution < -0.4 is 11.3 Å². The molecular formula is C12H18N5O14P3. The molecule has 2 fully saturated rings. The van der Waals surface area contributed by atoms with Crippen molar-refractivity contribution in [3.63, 3.8) is 0 Å². The monoisotopic (exact) mass is 549 g/mol. The van der Waals surface area contributed by atoms with Gasteiger partial charge in [0.15, 0.2) is 17.4 Å². The van der Waals surface area contributed by atoms with Crippen LogP contribution >= 0.6 is 23.5 Å². The SMILES string of the molecule is CC(OP(=O)(O)OP(=O)(O)OP(=O)(O)O)[C@@]12CO[C@@H]([C@H](n3cnc4c(=O)[nH]c(N)nc43)O1)[C@@H]2O. The zero-order valence-electron chi connectivity index (χ0n) is 16.8. The third kappa shape index (κ3) is 4.64. The predicted octanol–water partition coefficient (Wildman–Crippen LogP) is -1.54. The van der Waals surface area contributed by atoms with E-state index in [1.807, 2.05) is 0 Å². The molecule has 4 heterocycles. The molecule has 0 aromatic carbocycles. The molecule has 2 saturated heterocycles. The van der Waals surface area contributed by atoms with Crippen molar-refractivity contribution in [2.24, 2.45) is 0 Å². The van der Waals surface area contributed by atoms with Crippen LogP contribution in [0, 0.1) is 0 Å². The molecule has 0 saturated carbocycles. The minimum atomic E-state index is -5.75. The van der Waals surface area contributed by atoms with Crippen LogP contribution in [-0.4, -0.2) is 74.7 Å². The summed E-state index contributed by atoms with van der Waals surface area (Å²) in [5, 5.41) is 10.8. The molecule has 0 amide bonds. The number of aromatic amines is 1. The maximum Gasteiger partial charge on any atom is 0.490 e. The molecule has 2 aromatic heterocycles. The van der Waals surface area contributed by atoms with Gasteiger partial charge >= 0.3 is 23.5 Å². The Balaban J connectivity index is 1.57. The van der Waals surface area contributed by atoms with Crippen molar-refractivity contribution in [3.8, 4) is 0 Å². The summed E-state index contributed by atoms with van der Waals surface area (Å²) in [4.78, 5) is 58.5. The molecule has 0 spiro atoms. The molecule has 19 nitrogen and oxygen atoms in total. The van der Waals surface area contributed by atoms with Gasteiger partial charge in [-0.2, -0.15) is 13.6 Å². The number of anilines is 1. The Morgan fingerprint density at radius 1 is 1.26 bits per heavy atom. The van der Waals surface area contributed by atoms with Crippen molar-refractivity contribution in [1.82, 2.24) is 19.5 Å². The van der Waals surface area contributed by atoms with E-state index in [9.17, 15) is 33.4 Å². The quantitative estimate of drug-likeness (QED) is 0.184. The molecule has 2 aliphatic heterocycles. The van der Waals surface area contributed by atoms with E-state index in [-0.39, 0.29) is 23.7 Å². The smallest absolute Gasteiger partial charge is 0.387 e. The molecule has 22 heteroatoms. The number of aliphatic hydroxyl groups excluding tert-OH is 1. The summed E-state index contributed by atoms with van der Waals surface area (Å²) in [6.07, 6.45) is -4.13. The number of ether oxygens (including phenoxy) is 2. The van der Waals surface area contributed by atoms with Crippen LogP contribution in [0.4, 0.5) is 5.95 Å². The second-order valence-electron chi connectivity index (χ2n) is 7.30. The lowest BCUT2D eigenvalue weighted by atomic mass is 9.94. The Morgan fingerprint density at radius 2 is 1.94 bits per heavy atom. The van der Waals surface area contributed by atoms with Crippen molar-refractivity contribution in [1.29, 1.82) is 0 Å². The minimum Gasteiger partial charge on any atom is -0.387 e. The normalized spacial score (nSPS) is 31.4. The maximum absolute atomic E-state index is 12.2. The van der Waals surface area contributed by atoms with Crippen molar-refractivity contribution in [2.75, 3.05) is 12.3 Å². The van der Waals surface area contributed by atoms with Crippen LogP contribution in [0.3, 0.4) is 0 Å². The number of aliphatic hydroxyl groups is 1. The summed E-state index contributed by atoms with van der Waals surface area (Å²) in [5.74, 6) is -0.223. The molecular weight excluding hydrogens is 531 g/mol. The van der Waals surface area contributed by atoms with Crippen LogP contribution in [0.25, 0.3) is 11.2 Å². The fourth-order valence-electron chi connectivity index (χ4n) is 3.70. The third-order valence-electron chi connectivity index (χ3n) is 5.05. The highest BCUT2D eigenvalue weighted by molar-refractivity contribution is 7.66. The molecule has 8 N–H and O–H groups in total. The summed E-state index contributed by atoms with van der Waals surface area (Å²) in [7, 11) is -16.8. The van der Waals surface area contributed by atoms with Gasteiger partial charge in [-0.05, 0) is 6.92 Å². The van der Waals surface area contributed by atoms with Crippen molar-refractivity contribution in [2.45, 2.75) is 37.1 Å². The summed E-state index contributed by atoms with van der Waals surface area (Å²) in [6, 6.07) is 0. The summed E-state index contributed by atoms with van der Waals surface area (Å²) >= 11 is 0. The van der Waals surface area contributed by atoms with E-state index in [4.69, 9.17) is 29.5 Å². The molecule has 2 aliphatic rings. The van der Waals surface area contributed by atoms with Gasteiger partial charge in [-0.3, -0.25) is 18.9 Å². The number of nitrogen functional groups attached to an aromatic ring is 1. The fraction of sp³-hybridized carbons (Fsp3) is 0.583. The lowest BCUT2D eigenvalue weighted by Crippen LogP contribution is -2.50. The van der Waals surface area contributed by atoms with Gasteiger partial charge in [-0.15, -0.1) is 0 Å². The largest absolute Gasteiger partial charge is 0.490 e. The number of hydrogen-bond donors (Lipinski definition) is 7. The number of nitrogens with zero attached hydrogens (tertiary/aromatic N) is 3. The summed E-state index contributed by atoms with van der Waals surface area (Å²) in [5.41, 5.74) is 2.99. The van der Waals surface area contributed by atoms with E-state index in [2.05, 4.69) is 23.6 Å². The molecule has 190 valence electrons. The first-order chi connectivity index (χ1) is 15.5. The number of rotatable bonds is 8. The van der Waals surface area contributed by atoms with Gasteiger partial charge < -0.3 is 39.9 Å². The predicted molar refractivity (Wildman–Crippen MR) is 106 cm³/mol. The van der Waals surface area contributed by atoms with E-state index in [0.29, 0.717) is 0 Å². The number of aromatic nitrogens is 4. The average Bonchev–Trinajstić information content (AvgIpc) is 3.28. The van der Waals surface area contributed by atoms with Gasteiger partial charge in [0.05, 0.1) is 12.9 Å². The maximum atomic E-state index is 12.2. The topological polar surface area (TPSA) is 288 Å². The average molecular weight is 549 g/mol. The molecule has 34 heavy (non-hydrogen) atoms. The lowest BCUT2D eigenvalue weighted by Gasteiger charge is -2.35. The zero-order chi connectivity index (χ0) is 25.3. The zero-order valence-corrected chi connectivity index (χ0v) is 19.4. The van der Waals surface area contributed by atoms with Crippen LogP contribution in [0.5, 0.6) is 0 Å². The van der Waals surface area contributed by atoms with Gasteiger partial charge in [0.25, 0.3) is 5.56 Å². The van der Waals surface area contributed by atoms with Crippen molar-refractivity contribution in [3.05, 3.63) is 16.7 Å². The molecule has 7 atom stereocenters. The Hall–Kier alpha value is -1.56. The third-order valence-corrected chi connectivity index (χ3v) is 8.96. The van der Waals surface area contributed by atoms with E-state index in [0.717, 1.165) is 6.92 Å². The number of imidazole rings is 1. The van der Waals surface area contributed by atoms with Crippen LogP contribution in [0.15, 0.2) is 11.1 Å². The number of hydrogen-bond acceptors (Lipinski definition) is 13. The summed E-state index contributed by atoms with van der Waals surface area (Å²) < 4.78 is 59.3. The highest BCUT2D eigenvalue weighted by atomic mass is 31.3. The molecule has 0 aliphatic carbocycles. The van der Waals surface area contributed by atoms with Crippen molar-refractivity contribution >= 4 is 40.6 Å². The van der Waals surface area contributed by atoms with Gasteiger partial charge in [0.1, 0.15) is 23.9 Å². The molecule has 3 unspecified atom stereocenters. The first kappa shape index (κ1) is 25.5. The highest BCUT2D eigenvalue weighted by Crippen LogP contribution is 2.67. The Morgan fingerprint density at radius 3 is 2.59 bits per heavy atom. The van der Waals surface area contributed by atoms with Crippen LogP contribution in [0.2, 0.25) is 0 Å². The lowest BCUT2D eigenvalue weighted by molar-refractivity contribution is -0.202. The second-order valence-corrected chi connectivity index (χ2v) is 11.7. The number of H-pyrrole nitrogens is 1. The number of phosphoric acid groups is 3. The minimum absolute atomic E-state index is 0.00899. The molecule has 4 rings (SSSR count). The fourth-order valence-corrected chi connectivity index (χ4v) is 6.94. The first-order valence-electron chi connectivity index (χ1n) is 9.06. The number of nitrogens with one attached hydrogen (secondary N) is 1. The second kappa shape index (κ2) is 8.25. The molecule has 2 aromatic rings. The first-order valence-corrected chi connectivity index (χ1v) is 13.6. The number of fused-ring (bicyclic) bond motifs is 3. The summed E-state index contributed by atoms with van der Waals surface area (Å²) in [6.45, 7) is 0.776. The van der Waals surface area contributed by atoms with Crippen molar-refractivity contribution < 1.29 is 61.0 Å². The van der Waals surface area contributed by atoms with Gasteiger partial charge in [-0.25, -0.2) is 18.7 Å². The number of nitrogens with two attached hydrogens (primary N) is 1. The van der Waals surface area contributed by atoms with E-state index in [1.54, 1.807) is 0 Å². The van der Waals surface area contributed by atoms with Gasteiger partial charge in [0.2, 0.25) is 5.95 Å². The van der Waals surface area contributed by atoms with Crippen LogP contribution in [-0.2, 0) is 36.3 Å². The Labute approximate surface area is 187 Å². The van der Waals surface area contributed by atoms with Gasteiger partial charge in [0, 0.05) is 0 Å². The Kier molecular flexibility index (Phi) is 6.19. The molecule has 2 bridgehead atoms. The highest BCUT2D eigenvalue weighted by Gasteiger charge is 2.65. The van der Waals surface area contributed by atoms with E-state index < -0.39 is 59.2 Å². The van der Waals surface area contributed by atoms with E-state index in [1.165, 1.54) is 10.9 Å². The van der Waals surface area contributed by atoms with Gasteiger partial charge in [-0.1, -0.05) is 0 Å². The standard InChI is InChI=1S/C12H18N5O14P3/c1-4(29-33(23,24)31-34(25,26)30-32(20,21)22)12-2-27-6(7(12)18)10(28-12)17-3-14-5-8(17)15-11(13)16-9(5)19/h3-4,6-7,10,18H,2H2,1H3,(H,23,24)(H,25,26)(H2,20,21,22)(H3,13,15,16,19)/t4?,6-,7+,10-,12-/m1/s1. The Bertz CT molecular complexity index is 1320.